The zero-order valence-electron chi connectivity index (χ0n) is 13.5. The van der Waals surface area contributed by atoms with Crippen LogP contribution in [0.4, 0.5) is 5.69 Å². The van der Waals surface area contributed by atoms with Gasteiger partial charge in [0.15, 0.2) is 0 Å². The summed E-state index contributed by atoms with van der Waals surface area (Å²) in [5.74, 6) is 0.900. The Morgan fingerprint density at radius 3 is 2.92 bits per heavy atom. The first-order chi connectivity index (χ1) is 11.6. The molecule has 4 rings (SSSR count). The first kappa shape index (κ1) is 15.5. The molecule has 0 bridgehead atoms. The van der Waals surface area contributed by atoms with Crippen LogP contribution >= 0.6 is 22.9 Å². The summed E-state index contributed by atoms with van der Waals surface area (Å²) < 4.78 is 5.85. The lowest BCUT2D eigenvalue weighted by Crippen LogP contribution is -2.27. The number of ether oxygens (including phenoxy) is 1. The molecule has 1 aromatic heterocycles. The van der Waals surface area contributed by atoms with Crippen LogP contribution in [0.15, 0.2) is 42.5 Å². The van der Waals surface area contributed by atoms with E-state index >= 15 is 0 Å². The highest BCUT2D eigenvalue weighted by Crippen LogP contribution is 2.39. The van der Waals surface area contributed by atoms with Crippen LogP contribution < -0.4 is 10.1 Å². The summed E-state index contributed by atoms with van der Waals surface area (Å²) in [4.78, 5) is 6.02. The van der Waals surface area contributed by atoms with Crippen LogP contribution in [-0.4, -0.2) is 17.6 Å². The second-order valence-corrected chi connectivity index (χ2v) is 7.53. The van der Waals surface area contributed by atoms with Gasteiger partial charge < -0.3 is 10.1 Å². The Balaban J connectivity index is 1.74. The summed E-state index contributed by atoms with van der Waals surface area (Å²) in [7, 11) is 0. The Labute approximate surface area is 150 Å². The SMILES string of the molecule is Cc1sc(-c2ccccc2Cl)nc1-c1ccc2c(c1)NCC(C)O2. The lowest BCUT2D eigenvalue weighted by atomic mass is 10.1. The van der Waals surface area contributed by atoms with E-state index in [0.29, 0.717) is 0 Å². The van der Waals surface area contributed by atoms with Crippen molar-refractivity contribution in [3.63, 3.8) is 0 Å². The number of fused-ring (bicyclic) bond motifs is 1. The number of benzene rings is 2. The topological polar surface area (TPSA) is 34.2 Å². The Kier molecular flexibility index (Phi) is 3.94. The zero-order valence-corrected chi connectivity index (χ0v) is 15.0. The van der Waals surface area contributed by atoms with E-state index in [1.54, 1.807) is 11.3 Å². The molecular weight excluding hydrogens is 340 g/mol. The fraction of sp³-hybridized carbons (Fsp3) is 0.211. The molecule has 1 aliphatic rings. The molecule has 24 heavy (non-hydrogen) atoms. The first-order valence-corrected chi connectivity index (χ1v) is 9.08. The number of nitrogens with zero attached hydrogens (tertiary/aromatic N) is 1. The largest absolute Gasteiger partial charge is 0.487 e. The third kappa shape index (κ3) is 2.76. The van der Waals surface area contributed by atoms with Crippen molar-refractivity contribution in [1.82, 2.24) is 4.98 Å². The molecule has 1 unspecified atom stereocenters. The van der Waals surface area contributed by atoms with Crippen molar-refractivity contribution in [2.24, 2.45) is 0 Å². The second-order valence-electron chi connectivity index (χ2n) is 5.92. The molecule has 122 valence electrons. The molecule has 0 saturated heterocycles. The molecule has 0 saturated carbocycles. The van der Waals surface area contributed by atoms with Gasteiger partial charge in [0, 0.05) is 16.0 Å². The molecule has 2 aromatic carbocycles. The van der Waals surface area contributed by atoms with Crippen molar-refractivity contribution < 1.29 is 4.74 Å². The average Bonchev–Trinajstić information content (AvgIpc) is 2.96. The number of rotatable bonds is 2. The molecule has 3 aromatic rings. The predicted molar refractivity (Wildman–Crippen MR) is 101 cm³/mol. The summed E-state index contributed by atoms with van der Waals surface area (Å²) >= 11 is 7.98. The van der Waals surface area contributed by atoms with Gasteiger partial charge in [-0.2, -0.15) is 0 Å². The number of thiazole rings is 1. The summed E-state index contributed by atoms with van der Waals surface area (Å²) in [5.41, 5.74) is 4.09. The number of aryl methyl sites for hydroxylation is 1. The third-order valence-electron chi connectivity index (χ3n) is 4.06. The van der Waals surface area contributed by atoms with E-state index in [4.69, 9.17) is 21.3 Å². The Morgan fingerprint density at radius 1 is 1.25 bits per heavy atom. The summed E-state index contributed by atoms with van der Waals surface area (Å²) in [6.45, 7) is 4.97. The van der Waals surface area contributed by atoms with Crippen molar-refractivity contribution >= 4 is 28.6 Å². The maximum atomic E-state index is 6.32. The van der Waals surface area contributed by atoms with Gasteiger partial charge in [0.05, 0.1) is 22.9 Å². The van der Waals surface area contributed by atoms with Crippen LogP contribution in [0.25, 0.3) is 21.8 Å². The van der Waals surface area contributed by atoms with E-state index in [1.807, 2.05) is 30.3 Å². The minimum absolute atomic E-state index is 0.191. The maximum Gasteiger partial charge on any atom is 0.142 e. The number of anilines is 1. The van der Waals surface area contributed by atoms with E-state index in [0.717, 1.165) is 44.8 Å². The lowest BCUT2D eigenvalue weighted by molar-refractivity contribution is 0.226. The van der Waals surface area contributed by atoms with E-state index in [-0.39, 0.29) is 6.10 Å². The molecule has 0 aliphatic carbocycles. The maximum absolute atomic E-state index is 6.32. The molecule has 5 heteroatoms. The molecule has 0 fully saturated rings. The van der Waals surface area contributed by atoms with Crippen molar-refractivity contribution in [3.8, 4) is 27.6 Å². The molecule has 2 heterocycles. The third-order valence-corrected chi connectivity index (χ3v) is 5.40. The molecule has 0 spiro atoms. The van der Waals surface area contributed by atoms with Gasteiger partial charge in [-0.15, -0.1) is 11.3 Å². The van der Waals surface area contributed by atoms with Crippen molar-refractivity contribution in [3.05, 3.63) is 52.4 Å². The van der Waals surface area contributed by atoms with Gasteiger partial charge >= 0.3 is 0 Å². The summed E-state index contributed by atoms with van der Waals surface area (Å²) in [6, 6.07) is 14.0. The van der Waals surface area contributed by atoms with Gasteiger partial charge in [-0.1, -0.05) is 29.8 Å². The van der Waals surface area contributed by atoms with Gasteiger partial charge in [-0.3, -0.25) is 0 Å². The van der Waals surface area contributed by atoms with E-state index in [1.165, 1.54) is 4.88 Å². The van der Waals surface area contributed by atoms with Crippen molar-refractivity contribution in [1.29, 1.82) is 0 Å². The van der Waals surface area contributed by atoms with Gasteiger partial charge in [-0.25, -0.2) is 4.98 Å². The Hall–Kier alpha value is -2.04. The number of aromatic nitrogens is 1. The summed E-state index contributed by atoms with van der Waals surface area (Å²) in [5, 5.41) is 5.10. The van der Waals surface area contributed by atoms with Gasteiger partial charge in [0.25, 0.3) is 0 Å². The van der Waals surface area contributed by atoms with Crippen LogP contribution in [0.5, 0.6) is 5.75 Å². The summed E-state index contributed by atoms with van der Waals surface area (Å²) in [6.07, 6.45) is 0.191. The molecule has 1 atom stereocenters. The number of nitrogens with one attached hydrogen (secondary N) is 1. The van der Waals surface area contributed by atoms with Crippen LogP contribution in [-0.2, 0) is 0 Å². The van der Waals surface area contributed by atoms with Crippen LogP contribution in [0, 0.1) is 6.92 Å². The molecule has 0 radical (unpaired) electrons. The highest BCUT2D eigenvalue weighted by Gasteiger charge is 2.18. The molecule has 1 aliphatic heterocycles. The Morgan fingerprint density at radius 2 is 2.08 bits per heavy atom. The van der Waals surface area contributed by atoms with Crippen molar-refractivity contribution in [2.45, 2.75) is 20.0 Å². The monoisotopic (exact) mass is 356 g/mol. The predicted octanol–water partition coefficient (Wildman–Crippen LogP) is 5.63. The first-order valence-electron chi connectivity index (χ1n) is 7.89. The van der Waals surface area contributed by atoms with Crippen LogP contribution in [0.2, 0.25) is 5.02 Å². The number of halogens is 1. The number of hydrogen-bond acceptors (Lipinski definition) is 4. The standard InChI is InChI=1S/C19H17ClN2OS/c1-11-10-21-16-9-13(7-8-17(16)23-11)18-12(2)24-19(22-18)14-5-3-4-6-15(14)20/h3-9,11,21H,10H2,1-2H3. The van der Waals surface area contributed by atoms with E-state index in [9.17, 15) is 0 Å². The van der Waals surface area contributed by atoms with Crippen LogP contribution in [0.1, 0.15) is 11.8 Å². The van der Waals surface area contributed by atoms with Gasteiger partial charge in [-0.05, 0) is 38.1 Å². The highest BCUT2D eigenvalue weighted by molar-refractivity contribution is 7.15. The smallest absolute Gasteiger partial charge is 0.142 e. The fourth-order valence-corrected chi connectivity index (χ4v) is 4.10. The second kappa shape index (κ2) is 6.11. The van der Waals surface area contributed by atoms with Gasteiger partial charge in [0.1, 0.15) is 16.9 Å². The molecule has 0 amide bonds. The number of hydrogen-bond donors (Lipinski definition) is 1. The normalized spacial score (nSPS) is 16.2. The van der Waals surface area contributed by atoms with Gasteiger partial charge in [0.2, 0.25) is 0 Å². The fourth-order valence-electron chi connectivity index (χ4n) is 2.84. The van der Waals surface area contributed by atoms with E-state index in [2.05, 4.69) is 31.3 Å². The lowest BCUT2D eigenvalue weighted by Gasteiger charge is -2.25. The Bertz CT molecular complexity index is 906. The van der Waals surface area contributed by atoms with Crippen molar-refractivity contribution in [2.75, 3.05) is 11.9 Å². The molecule has 3 nitrogen and oxygen atoms in total. The molecule has 1 N–H and O–H groups in total. The zero-order chi connectivity index (χ0) is 16.7. The molecular formula is C19H17ClN2OS. The minimum Gasteiger partial charge on any atom is -0.487 e. The van der Waals surface area contributed by atoms with Crippen LogP contribution in [0.3, 0.4) is 0 Å². The minimum atomic E-state index is 0.191. The quantitative estimate of drug-likeness (QED) is 0.646. The average molecular weight is 357 g/mol. The van der Waals surface area contributed by atoms with E-state index < -0.39 is 0 Å². The highest BCUT2D eigenvalue weighted by atomic mass is 35.5.